The molecule has 76 valence electrons. The van der Waals surface area contributed by atoms with E-state index in [9.17, 15) is 4.79 Å². The van der Waals surface area contributed by atoms with Gasteiger partial charge in [0.25, 0.3) is 0 Å². The van der Waals surface area contributed by atoms with Crippen molar-refractivity contribution in [1.82, 2.24) is 0 Å². The highest BCUT2D eigenvalue weighted by Gasteiger charge is 2.07. The van der Waals surface area contributed by atoms with Gasteiger partial charge >= 0.3 is 5.97 Å². The molecule has 1 aromatic rings. The van der Waals surface area contributed by atoms with Crippen LogP contribution in [-0.4, -0.2) is 12.6 Å². The summed E-state index contributed by atoms with van der Waals surface area (Å²) >= 11 is 0. The average Bonchev–Trinajstić information content (AvgIpc) is 2.12. The fourth-order valence-electron chi connectivity index (χ4n) is 1.21. The Morgan fingerprint density at radius 1 is 1.43 bits per heavy atom. The molecule has 0 aliphatic rings. The van der Waals surface area contributed by atoms with Crippen molar-refractivity contribution in [3.63, 3.8) is 0 Å². The smallest absolute Gasteiger partial charge is 0.338 e. The lowest BCUT2D eigenvalue weighted by Crippen LogP contribution is -2.06. The van der Waals surface area contributed by atoms with Crippen molar-refractivity contribution in [3.8, 4) is 0 Å². The third-order valence-corrected chi connectivity index (χ3v) is 1.77. The Balaban J connectivity index is 2.79. The van der Waals surface area contributed by atoms with E-state index in [1.54, 1.807) is 12.1 Å². The van der Waals surface area contributed by atoms with Gasteiger partial charge in [-0.25, -0.2) is 4.79 Å². The fourth-order valence-corrected chi connectivity index (χ4v) is 1.21. The maximum Gasteiger partial charge on any atom is 0.338 e. The van der Waals surface area contributed by atoms with Crippen LogP contribution in [0.3, 0.4) is 0 Å². The molecule has 14 heavy (non-hydrogen) atoms. The van der Waals surface area contributed by atoms with E-state index in [2.05, 4.69) is 0 Å². The van der Waals surface area contributed by atoms with Gasteiger partial charge in [-0.1, -0.05) is 6.92 Å². The van der Waals surface area contributed by atoms with Gasteiger partial charge in [-0.3, -0.25) is 0 Å². The molecule has 0 atom stereocenters. The van der Waals surface area contributed by atoms with Crippen LogP contribution in [0.15, 0.2) is 18.2 Å². The second kappa shape index (κ2) is 4.65. The number of anilines is 1. The highest BCUT2D eigenvalue weighted by atomic mass is 16.5. The SMILES string of the molecule is CCCOC(=O)c1cc(C)cc(N)c1. The molecule has 3 nitrogen and oxygen atoms in total. The quantitative estimate of drug-likeness (QED) is 0.591. The second-order valence-electron chi connectivity index (χ2n) is 3.27. The van der Waals surface area contributed by atoms with E-state index in [1.165, 1.54) is 0 Å². The van der Waals surface area contributed by atoms with Crippen LogP contribution in [-0.2, 0) is 4.74 Å². The molecule has 0 radical (unpaired) electrons. The Hall–Kier alpha value is -1.51. The summed E-state index contributed by atoms with van der Waals surface area (Å²) in [5, 5.41) is 0. The van der Waals surface area contributed by atoms with E-state index in [4.69, 9.17) is 10.5 Å². The Bertz CT molecular complexity index is 314. The lowest BCUT2D eigenvalue weighted by molar-refractivity contribution is 0.0505. The molecule has 0 saturated carbocycles. The predicted octanol–water partition coefficient (Wildman–Crippen LogP) is 2.14. The van der Waals surface area contributed by atoms with Gasteiger partial charge < -0.3 is 10.5 Å². The van der Waals surface area contributed by atoms with Crippen LogP contribution in [0.25, 0.3) is 0 Å². The van der Waals surface area contributed by atoms with Gasteiger partial charge in [0, 0.05) is 5.69 Å². The maximum absolute atomic E-state index is 11.4. The summed E-state index contributed by atoms with van der Waals surface area (Å²) in [5.41, 5.74) is 7.70. The topological polar surface area (TPSA) is 52.3 Å². The first-order valence-corrected chi connectivity index (χ1v) is 4.67. The monoisotopic (exact) mass is 193 g/mol. The van der Waals surface area contributed by atoms with Crippen molar-refractivity contribution in [2.75, 3.05) is 12.3 Å². The minimum atomic E-state index is -0.303. The summed E-state index contributed by atoms with van der Waals surface area (Å²) in [6.45, 7) is 4.30. The molecule has 3 heteroatoms. The zero-order valence-corrected chi connectivity index (χ0v) is 8.54. The standard InChI is InChI=1S/C11H15NO2/c1-3-4-14-11(13)9-5-8(2)6-10(12)7-9/h5-7H,3-4,12H2,1-2H3. The minimum absolute atomic E-state index is 0.303. The first-order chi connectivity index (χ1) is 6.63. The Labute approximate surface area is 83.9 Å². The van der Waals surface area contributed by atoms with Crippen LogP contribution >= 0.6 is 0 Å². The number of aryl methyl sites for hydroxylation is 1. The van der Waals surface area contributed by atoms with Gasteiger partial charge in [0.05, 0.1) is 12.2 Å². The number of rotatable bonds is 3. The van der Waals surface area contributed by atoms with Gasteiger partial charge in [-0.05, 0) is 37.1 Å². The van der Waals surface area contributed by atoms with Gasteiger partial charge in [-0.15, -0.1) is 0 Å². The van der Waals surface area contributed by atoms with Crippen LogP contribution in [0.4, 0.5) is 5.69 Å². The van der Waals surface area contributed by atoms with Crippen LogP contribution < -0.4 is 5.73 Å². The second-order valence-corrected chi connectivity index (χ2v) is 3.27. The zero-order valence-electron chi connectivity index (χ0n) is 8.54. The molecule has 0 heterocycles. The van der Waals surface area contributed by atoms with Crippen LogP contribution in [0, 0.1) is 6.92 Å². The summed E-state index contributed by atoms with van der Waals surface area (Å²) in [7, 11) is 0. The van der Waals surface area contributed by atoms with Crippen LogP contribution in [0.1, 0.15) is 29.3 Å². The zero-order chi connectivity index (χ0) is 10.6. The van der Waals surface area contributed by atoms with Crippen molar-refractivity contribution in [2.24, 2.45) is 0 Å². The number of benzene rings is 1. The predicted molar refractivity (Wildman–Crippen MR) is 56.2 cm³/mol. The van der Waals surface area contributed by atoms with E-state index in [-0.39, 0.29) is 5.97 Å². The Morgan fingerprint density at radius 3 is 2.71 bits per heavy atom. The molecular formula is C11H15NO2. The molecule has 0 aromatic heterocycles. The van der Waals surface area contributed by atoms with E-state index >= 15 is 0 Å². The van der Waals surface area contributed by atoms with Crippen molar-refractivity contribution < 1.29 is 9.53 Å². The first-order valence-electron chi connectivity index (χ1n) is 4.67. The average molecular weight is 193 g/mol. The number of ether oxygens (including phenoxy) is 1. The van der Waals surface area contributed by atoms with Gasteiger partial charge in [0.15, 0.2) is 0 Å². The molecule has 0 bridgehead atoms. The Kier molecular flexibility index (Phi) is 3.51. The van der Waals surface area contributed by atoms with E-state index < -0.39 is 0 Å². The molecule has 0 aliphatic carbocycles. The van der Waals surface area contributed by atoms with Crippen LogP contribution in [0.5, 0.6) is 0 Å². The number of esters is 1. The van der Waals surface area contributed by atoms with E-state index in [1.807, 2.05) is 19.9 Å². The normalized spacial score (nSPS) is 9.86. The largest absolute Gasteiger partial charge is 0.462 e. The van der Waals surface area contributed by atoms with Crippen molar-refractivity contribution in [2.45, 2.75) is 20.3 Å². The van der Waals surface area contributed by atoms with Crippen molar-refractivity contribution in [1.29, 1.82) is 0 Å². The van der Waals surface area contributed by atoms with Gasteiger partial charge in [0.1, 0.15) is 0 Å². The fraction of sp³-hybridized carbons (Fsp3) is 0.364. The van der Waals surface area contributed by atoms with Crippen molar-refractivity contribution >= 4 is 11.7 Å². The number of nitrogen functional groups attached to an aromatic ring is 1. The lowest BCUT2D eigenvalue weighted by atomic mass is 10.1. The van der Waals surface area contributed by atoms with Gasteiger partial charge in [0.2, 0.25) is 0 Å². The Morgan fingerprint density at radius 2 is 2.14 bits per heavy atom. The molecule has 0 spiro atoms. The van der Waals surface area contributed by atoms with Crippen molar-refractivity contribution in [3.05, 3.63) is 29.3 Å². The highest BCUT2D eigenvalue weighted by Crippen LogP contribution is 2.12. The first kappa shape index (κ1) is 10.6. The molecule has 2 N–H and O–H groups in total. The summed E-state index contributed by atoms with van der Waals surface area (Å²) in [6, 6.07) is 5.22. The number of nitrogens with two attached hydrogens (primary N) is 1. The van der Waals surface area contributed by atoms with Crippen LogP contribution in [0.2, 0.25) is 0 Å². The molecule has 0 amide bonds. The third-order valence-electron chi connectivity index (χ3n) is 1.77. The number of carbonyl (C=O) groups is 1. The maximum atomic E-state index is 11.4. The molecule has 0 aliphatic heterocycles. The summed E-state index contributed by atoms with van der Waals surface area (Å²) < 4.78 is 4.99. The molecule has 0 saturated heterocycles. The summed E-state index contributed by atoms with van der Waals surface area (Å²) in [6.07, 6.45) is 0.826. The third kappa shape index (κ3) is 2.76. The summed E-state index contributed by atoms with van der Waals surface area (Å²) in [4.78, 5) is 11.4. The molecular weight excluding hydrogens is 178 g/mol. The highest BCUT2D eigenvalue weighted by molar-refractivity contribution is 5.90. The number of hydrogen-bond acceptors (Lipinski definition) is 3. The molecule has 0 unspecified atom stereocenters. The minimum Gasteiger partial charge on any atom is -0.462 e. The lowest BCUT2D eigenvalue weighted by Gasteiger charge is -2.04. The van der Waals surface area contributed by atoms with E-state index in [0.29, 0.717) is 17.9 Å². The van der Waals surface area contributed by atoms with Gasteiger partial charge in [-0.2, -0.15) is 0 Å². The molecule has 0 fully saturated rings. The molecule has 1 rings (SSSR count). The van der Waals surface area contributed by atoms with E-state index in [0.717, 1.165) is 12.0 Å². The molecule has 1 aromatic carbocycles. The number of hydrogen-bond donors (Lipinski definition) is 1. The summed E-state index contributed by atoms with van der Waals surface area (Å²) in [5.74, 6) is -0.303. The number of carbonyl (C=O) groups excluding carboxylic acids is 1.